The van der Waals surface area contributed by atoms with Crippen LogP contribution in [0.5, 0.6) is 5.75 Å². The van der Waals surface area contributed by atoms with Crippen molar-refractivity contribution in [3.05, 3.63) is 65.2 Å². The molecule has 0 unspecified atom stereocenters. The lowest BCUT2D eigenvalue weighted by Gasteiger charge is -2.08. The van der Waals surface area contributed by atoms with Crippen molar-refractivity contribution in [1.29, 1.82) is 0 Å². The van der Waals surface area contributed by atoms with Gasteiger partial charge in [0, 0.05) is 12.6 Å². The van der Waals surface area contributed by atoms with Crippen molar-refractivity contribution in [2.75, 3.05) is 6.61 Å². The SMILES string of the molecule is Cc1cccc(CNC(=O)COc2ccc(F)cc2F)c1. The first kappa shape index (κ1) is 15.0. The number of carbonyl (C=O) groups is 1. The highest BCUT2D eigenvalue weighted by Crippen LogP contribution is 2.17. The Kier molecular flexibility index (Phi) is 4.87. The molecular formula is C16H15F2NO2. The molecule has 0 saturated heterocycles. The summed E-state index contributed by atoms with van der Waals surface area (Å²) in [6.45, 7) is 2.01. The van der Waals surface area contributed by atoms with Gasteiger partial charge in [-0.25, -0.2) is 8.78 Å². The molecule has 2 aromatic carbocycles. The Bertz CT molecular complexity index is 644. The fourth-order valence-corrected chi connectivity index (χ4v) is 1.81. The highest BCUT2D eigenvalue weighted by Gasteiger charge is 2.08. The number of rotatable bonds is 5. The van der Waals surface area contributed by atoms with E-state index in [9.17, 15) is 13.6 Å². The number of hydrogen-bond donors (Lipinski definition) is 1. The molecule has 0 saturated carbocycles. The minimum Gasteiger partial charge on any atom is -0.481 e. The molecule has 110 valence electrons. The van der Waals surface area contributed by atoms with Gasteiger partial charge in [0.25, 0.3) is 5.91 Å². The van der Waals surface area contributed by atoms with Crippen LogP contribution in [0.3, 0.4) is 0 Å². The zero-order valence-electron chi connectivity index (χ0n) is 11.5. The van der Waals surface area contributed by atoms with Gasteiger partial charge in [-0.05, 0) is 24.6 Å². The maximum Gasteiger partial charge on any atom is 0.258 e. The van der Waals surface area contributed by atoms with Gasteiger partial charge in [-0.2, -0.15) is 0 Å². The third-order valence-corrected chi connectivity index (χ3v) is 2.82. The Hall–Kier alpha value is -2.43. The molecule has 1 amide bonds. The van der Waals surface area contributed by atoms with Gasteiger partial charge in [0.05, 0.1) is 0 Å². The predicted molar refractivity (Wildman–Crippen MR) is 74.9 cm³/mol. The number of amides is 1. The molecule has 5 heteroatoms. The number of halogens is 2. The summed E-state index contributed by atoms with van der Waals surface area (Å²) in [6, 6.07) is 10.7. The number of ether oxygens (including phenoxy) is 1. The summed E-state index contributed by atoms with van der Waals surface area (Å²) >= 11 is 0. The van der Waals surface area contributed by atoms with Crippen molar-refractivity contribution >= 4 is 5.91 Å². The molecule has 0 aliphatic carbocycles. The number of benzene rings is 2. The lowest BCUT2D eigenvalue weighted by atomic mass is 10.1. The van der Waals surface area contributed by atoms with Gasteiger partial charge in [-0.3, -0.25) is 4.79 Å². The van der Waals surface area contributed by atoms with Crippen LogP contribution in [0.25, 0.3) is 0 Å². The van der Waals surface area contributed by atoms with Crippen LogP contribution in [0.4, 0.5) is 8.78 Å². The first-order chi connectivity index (χ1) is 10.0. The first-order valence-electron chi connectivity index (χ1n) is 6.44. The van der Waals surface area contributed by atoms with E-state index >= 15 is 0 Å². The van der Waals surface area contributed by atoms with Crippen LogP contribution in [0, 0.1) is 18.6 Å². The molecule has 0 aromatic heterocycles. The number of hydrogen-bond acceptors (Lipinski definition) is 2. The van der Waals surface area contributed by atoms with E-state index in [0.717, 1.165) is 23.3 Å². The highest BCUT2D eigenvalue weighted by atomic mass is 19.1. The average Bonchev–Trinajstić information content (AvgIpc) is 2.44. The van der Waals surface area contributed by atoms with Crippen LogP contribution in [0.2, 0.25) is 0 Å². The van der Waals surface area contributed by atoms with Crippen LogP contribution in [0.1, 0.15) is 11.1 Å². The molecule has 0 aliphatic heterocycles. The number of carbonyl (C=O) groups excluding carboxylic acids is 1. The van der Waals surface area contributed by atoms with Gasteiger partial charge in [0.2, 0.25) is 0 Å². The topological polar surface area (TPSA) is 38.3 Å². The molecule has 0 atom stereocenters. The maximum atomic E-state index is 13.3. The molecule has 0 spiro atoms. The number of nitrogens with one attached hydrogen (secondary N) is 1. The molecule has 21 heavy (non-hydrogen) atoms. The normalized spacial score (nSPS) is 10.2. The molecule has 3 nitrogen and oxygen atoms in total. The largest absolute Gasteiger partial charge is 0.481 e. The van der Waals surface area contributed by atoms with Crippen molar-refractivity contribution < 1.29 is 18.3 Å². The lowest BCUT2D eigenvalue weighted by Crippen LogP contribution is -2.28. The Morgan fingerprint density at radius 1 is 1.19 bits per heavy atom. The molecule has 0 bridgehead atoms. The zero-order chi connectivity index (χ0) is 15.2. The van der Waals surface area contributed by atoms with E-state index in [1.54, 1.807) is 0 Å². The summed E-state index contributed by atoms with van der Waals surface area (Å²) in [5.74, 6) is -2.05. The minimum absolute atomic E-state index is 0.151. The molecule has 0 heterocycles. The predicted octanol–water partition coefficient (Wildman–Crippen LogP) is 2.97. The van der Waals surface area contributed by atoms with Gasteiger partial charge in [0.1, 0.15) is 5.82 Å². The maximum absolute atomic E-state index is 13.3. The second kappa shape index (κ2) is 6.83. The average molecular weight is 291 g/mol. The first-order valence-corrected chi connectivity index (χ1v) is 6.44. The molecule has 0 fully saturated rings. The lowest BCUT2D eigenvalue weighted by molar-refractivity contribution is -0.123. The summed E-state index contributed by atoms with van der Waals surface area (Å²) in [4.78, 5) is 11.6. The number of aryl methyl sites for hydroxylation is 1. The molecule has 0 aliphatic rings. The van der Waals surface area contributed by atoms with E-state index in [1.807, 2.05) is 31.2 Å². The third kappa shape index (κ3) is 4.56. The van der Waals surface area contributed by atoms with Crippen molar-refractivity contribution in [2.24, 2.45) is 0 Å². The van der Waals surface area contributed by atoms with E-state index < -0.39 is 11.6 Å². The van der Waals surface area contributed by atoms with Gasteiger partial charge in [0.15, 0.2) is 18.2 Å². The van der Waals surface area contributed by atoms with Gasteiger partial charge >= 0.3 is 0 Å². The molecule has 1 N–H and O–H groups in total. The third-order valence-electron chi connectivity index (χ3n) is 2.82. The van der Waals surface area contributed by atoms with Crippen LogP contribution >= 0.6 is 0 Å². The van der Waals surface area contributed by atoms with Crippen molar-refractivity contribution in [3.8, 4) is 5.75 Å². The van der Waals surface area contributed by atoms with Crippen LogP contribution < -0.4 is 10.1 Å². The molecular weight excluding hydrogens is 276 g/mol. The van der Waals surface area contributed by atoms with Crippen molar-refractivity contribution in [3.63, 3.8) is 0 Å². The Morgan fingerprint density at radius 3 is 2.71 bits per heavy atom. The van der Waals surface area contributed by atoms with Crippen LogP contribution in [0.15, 0.2) is 42.5 Å². The second-order valence-corrected chi connectivity index (χ2v) is 4.63. The van der Waals surface area contributed by atoms with Crippen molar-refractivity contribution in [2.45, 2.75) is 13.5 Å². The highest BCUT2D eigenvalue weighted by molar-refractivity contribution is 5.77. The summed E-state index contributed by atoms with van der Waals surface area (Å²) in [7, 11) is 0. The van der Waals surface area contributed by atoms with E-state index in [1.165, 1.54) is 0 Å². The monoisotopic (exact) mass is 291 g/mol. The molecule has 0 radical (unpaired) electrons. The van der Waals surface area contributed by atoms with E-state index in [4.69, 9.17) is 4.74 Å². The Balaban J connectivity index is 1.82. The zero-order valence-corrected chi connectivity index (χ0v) is 11.5. The van der Waals surface area contributed by atoms with Gasteiger partial charge in [-0.1, -0.05) is 29.8 Å². The quantitative estimate of drug-likeness (QED) is 0.919. The Labute approximate surface area is 121 Å². The van der Waals surface area contributed by atoms with E-state index in [0.29, 0.717) is 12.6 Å². The smallest absolute Gasteiger partial charge is 0.258 e. The summed E-state index contributed by atoms with van der Waals surface area (Å²) in [6.07, 6.45) is 0. The van der Waals surface area contributed by atoms with E-state index in [2.05, 4.69) is 5.32 Å². The summed E-state index contributed by atoms with van der Waals surface area (Å²) in [5.41, 5.74) is 2.07. The molecule has 2 aromatic rings. The summed E-state index contributed by atoms with van der Waals surface area (Å²) < 4.78 is 31.0. The summed E-state index contributed by atoms with van der Waals surface area (Å²) in [5, 5.41) is 2.67. The fraction of sp³-hybridized carbons (Fsp3) is 0.188. The van der Waals surface area contributed by atoms with Crippen molar-refractivity contribution in [1.82, 2.24) is 5.32 Å². The second-order valence-electron chi connectivity index (χ2n) is 4.63. The minimum atomic E-state index is -0.832. The Morgan fingerprint density at radius 2 is 2.00 bits per heavy atom. The standard InChI is InChI=1S/C16H15F2NO2/c1-11-3-2-4-12(7-11)9-19-16(20)10-21-15-6-5-13(17)8-14(15)18/h2-8H,9-10H2,1H3,(H,19,20). The van der Waals surface area contributed by atoms with E-state index in [-0.39, 0.29) is 18.3 Å². The van der Waals surface area contributed by atoms with Gasteiger partial charge < -0.3 is 10.1 Å². The molecule has 2 rings (SSSR count). The van der Waals surface area contributed by atoms with Crippen LogP contribution in [-0.2, 0) is 11.3 Å². The van der Waals surface area contributed by atoms with Crippen LogP contribution in [-0.4, -0.2) is 12.5 Å². The fourth-order valence-electron chi connectivity index (χ4n) is 1.81. The van der Waals surface area contributed by atoms with Gasteiger partial charge in [-0.15, -0.1) is 0 Å².